The van der Waals surface area contributed by atoms with Crippen molar-refractivity contribution in [2.24, 2.45) is 0 Å². The maximum atomic E-state index is 5.43. The molecule has 0 N–H and O–H groups in total. The predicted octanol–water partition coefficient (Wildman–Crippen LogP) is 2.07. The molecule has 0 bridgehead atoms. The van der Waals surface area contributed by atoms with Crippen LogP contribution < -0.4 is 9.47 Å². The molecule has 0 radical (unpaired) electrons. The van der Waals surface area contributed by atoms with E-state index in [0.29, 0.717) is 13.2 Å². The topological polar surface area (TPSA) is 18.5 Å². The van der Waals surface area contributed by atoms with E-state index in [1.54, 1.807) is 0 Å². The number of hydrogen-bond donors (Lipinski definition) is 0. The first-order chi connectivity index (χ1) is 5.77. The van der Waals surface area contributed by atoms with Crippen LogP contribution in [0.3, 0.4) is 0 Å². The third-order valence-corrected chi connectivity index (χ3v) is 2.16. The van der Waals surface area contributed by atoms with Gasteiger partial charge in [0.1, 0.15) is 13.2 Å². The fourth-order valence-corrected chi connectivity index (χ4v) is 1.29. The van der Waals surface area contributed by atoms with Gasteiger partial charge in [-0.2, -0.15) is 0 Å². The lowest BCUT2D eigenvalue weighted by atomic mass is 10.1. The third kappa shape index (κ3) is 1.13. The summed E-state index contributed by atoms with van der Waals surface area (Å²) in [5, 5.41) is 0. The van der Waals surface area contributed by atoms with E-state index in [2.05, 4.69) is 13.8 Å². The van der Waals surface area contributed by atoms with Crippen molar-refractivity contribution in [3.05, 3.63) is 23.3 Å². The quantitative estimate of drug-likeness (QED) is 0.584. The van der Waals surface area contributed by atoms with E-state index in [9.17, 15) is 0 Å². The van der Waals surface area contributed by atoms with Crippen molar-refractivity contribution in [2.45, 2.75) is 13.8 Å². The van der Waals surface area contributed by atoms with Crippen molar-refractivity contribution in [3.8, 4) is 11.5 Å². The zero-order chi connectivity index (χ0) is 8.55. The number of hydrogen-bond acceptors (Lipinski definition) is 2. The highest BCUT2D eigenvalue weighted by molar-refractivity contribution is 5.47. The minimum absolute atomic E-state index is 0.662. The largest absolute Gasteiger partial charge is 0.486 e. The van der Waals surface area contributed by atoms with Crippen LogP contribution in [-0.2, 0) is 0 Å². The van der Waals surface area contributed by atoms with Crippen LogP contribution in [0.5, 0.6) is 11.5 Å². The Kier molecular flexibility index (Phi) is 1.68. The zero-order valence-corrected chi connectivity index (χ0v) is 7.39. The first-order valence-electron chi connectivity index (χ1n) is 4.14. The van der Waals surface area contributed by atoms with Gasteiger partial charge in [-0.15, -0.1) is 0 Å². The summed E-state index contributed by atoms with van der Waals surface area (Å²) in [5.41, 5.74) is 2.50. The Morgan fingerprint density at radius 3 is 1.75 bits per heavy atom. The number of benzene rings is 1. The summed E-state index contributed by atoms with van der Waals surface area (Å²) in [4.78, 5) is 0. The van der Waals surface area contributed by atoms with E-state index in [4.69, 9.17) is 9.47 Å². The van der Waals surface area contributed by atoms with Crippen LogP contribution in [0, 0.1) is 13.8 Å². The Bertz CT molecular complexity index is 274. The minimum Gasteiger partial charge on any atom is -0.486 e. The van der Waals surface area contributed by atoms with Gasteiger partial charge < -0.3 is 9.47 Å². The smallest absolute Gasteiger partial charge is 0.161 e. The zero-order valence-electron chi connectivity index (χ0n) is 7.39. The standard InChI is InChI=1S/C10H12O2/c1-7-5-9-10(6-8(7)2)12-4-3-11-9/h5-6H,3-4H2,1-2H3. The van der Waals surface area contributed by atoms with Crippen LogP contribution >= 0.6 is 0 Å². The summed E-state index contributed by atoms with van der Waals surface area (Å²) in [5.74, 6) is 1.76. The van der Waals surface area contributed by atoms with Gasteiger partial charge >= 0.3 is 0 Å². The van der Waals surface area contributed by atoms with Crippen molar-refractivity contribution in [3.63, 3.8) is 0 Å². The van der Waals surface area contributed by atoms with Gasteiger partial charge in [0, 0.05) is 0 Å². The average molecular weight is 164 g/mol. The van der Waals surface area contributed by atoms with E-state index >= 15 is 0 Å². The lowest BCUT2D eigenvalue weighted by Crippen LogP contribution is -2.15. The second-order valence-electron chi connectivity index (χ2n) is 3.08. The molecule has 2 heteroatoms. The van der Waals surface area contributed by atoms with E-state index in [0.717, 1.165) is 11.5 Å². The van der Waals surface area contributed by atoms with Crippen LogP contribution in [0.2, 0.25) is 0 Å². The fraction of sp³-hybridized carbons (Fsp3) is 0.400. The molecule has 0 spiro atoms. The Hall–Kier alpha value is -1.18. The number of aryl methyl sites for hydroxylation is 2. The van der Waals surface area contributed by atoms with Crippen molar-refractivity contribution >= 4 is 0 Å². The summed E-state index contributed by atoms with van der Waals surface area (Å²) in [6, 6.07) is 4.06. The molecule has 0 atom stereocenters. The molecule has 12 heavy (non-hydrogen) atoms. The van der Waals surface area contributed by atoms with Crippen molar-refractivity contribution in [1.82, 2.24) is 0 Å². The Morgan fingerprint density at radius 2 is 1.33 bits per heavy atom. The molecule has 0 saturated carbocycles. The molecule has 0 aliphatic carbocycles. The molecule has 2 nitrogen and oxygen atoms in total. The maximum Gasteiger partial charge on any atom is 0.161 e. The van der Waals surface area contributed by atoms with Gasteiger partial charge in [0.25, 0.3) is 0 Å². The van der Waals surface area contributed by atoms with Gasteiger partial charge in [-0.25, -0.2) is 0 Å². The molecule has 0 aromatic heterocycles. The van der Waals surface area contributed by atoms with Gasteiger partial charge in [0.2, 0.25) is 0 Å². The lowest BCUT2D eigenvalue weighted by Gasteiger charge is -2.19. The highest BCUT2D eigenvalue weighted by Crippen LogP contribution is 2.32. The molecule has 2 rings (SSSR count). The number of fused-ring (bicyclic) bond motifs is 1. The number of rotatable bonds is 0. The summed E-state index contributed by atoms with van der Waals surface area (Å²) < 4.78 is 10.9. The predicted molar refractivity (Wildman–Crippen MR) is 46.9 cm³/mol. The van der Waals surface area contributed by atoms with Crippen LogP contribution in [0.1, 0.15) is 11.1 Å². The lowest BCUT2D eigenvalue weighted by molar-refractivity contribution is 0.171. The monoisotopic (exact) mass is 164 g/mol. The summed E-state index contributed by atoms with van der Waals surface area (Å²) in [6.45, 7) is 5.48. The molecule has 1 aromatic carbocycles. The molecular weight excluding hydrogens is 152 g/mol. The molecule has 1 aliphatic heterocycles. The Labute approximate surface area is 72.1 Å². The summed E-state index contributed by atoms with van der Waals surface area (Å²) in [6.07, 6.45) is 0. The summed E-state index contributed by atoms with van der Waals surface area (Å²) in [7, 11) is 0. The SMILES string of the molecule is Cc1cc2c(cc1C)OCCO2. The molecule has 0 amide bonds. The van der Waals surface area contributed by atoms with Crippen LogP contribution in [0.4, 0.5) is 0 Å². The highest BCUT2D eigenvalue weighted by Gasteiger charge is 2.11. The second-order valence-corrected chi connectivity index (χ2v) is 3.08. The van der Waals surface area contributed by atoms with Gasteiger partial charge in [-0.3, -0.25) is 0 Å². The molecular formula is C10H12O2. The molecule has 64 valence electrons. The van der Waals surface area contributed by atoms with Gasteiger partial charge in [0.15, 0.2) is 11.5 Å². The van der Waals surface area contributed by atoms with Crippen LogP contribution in [0.15, 0.2) is 12.1 Å². The van der Waals surface area contributed by atoms with E-state index < -0.39 is 0 Å². The van der Waals surface area contributed by atoms with E-state index in [1.807, 2.05) is 12.1 Å². The number of ether oxygens (including phenoxy) is 2. The van der Waals surface area contributed by atoms with Gasteiger partial charge in [-0.05, 0) is 37.1 Å². The van der Waals surface area contributed by atoms with Crippen molar-refractivity contribution < 1.29 is 9.47 Å². The summed E-state index contributed by atoms with van der Waals surface area (Å²) >= 11 is 0. The normalized spacial score (nSPS) is 14.5. The van der Waals surface area contributed by atoms with Gasteiger partial charge in [0.05, 0.1) is 0 Å². The fourth-order valence-electron chi connectivity index (χ4n) is 1.29. The Morgan fingerprint density at radius 1 is 0.917 bits per heavy atom. The van der Waals surface area contributed by atoms with Crippen molar-refractivity contribution in [2.75, 3.05) is 13.2 Å². The molecule has 0 saturated heterocycles. The molecule has 1 aromatic rings. The minimum atomic E-state index is 0.662. The van der Waals surface area contributed by atoms with Gasteiger partial charge in [-0.1, -0.05) is 0 Å². The Balaban J connectivity index is 2.49. The highest BCUT2D eigenvalue weighted by atomic mass is 16.6. The van der Waals surface area contributed by atoms with Crippen molar-refractivity contribution in [1.29, 1.82) is 0 Å². The second kappa shape index (κ2) is 2.70. The van der Waals surface area contributed by atoms with E-state index in [1.165, 1.54) is 11.1 Å². The maximum absolute atomic E-state index is 5.43. The third-order valence-electron chi connectivity index (χ3n) is 2.16. The van der Waals surface area contributed by atoms with E-state index in [-0.39, 0.29) is 0 Å². The molecule has 1 heterocycles. The molecule has 0 fully saturated rings. The molecule has 0 unspecified atom stereocenters. The first kappa shape index (κ1) is 7.47. The first-order valence-corrected chi connectivity index (χ1v) is 4.14. The van der Waals surface area contributed by atoms with Crippen LogP contribution in [-0.4, -0.2) is 13.2 Å². The average Bonchev–Trinajstić information content (AvgIpc) is 2.07. The van der Waals surface area contributed by atoms with Crippen LogP contribution in [0.25, 0.3) is 0 Å². The molecule has 1 aliphatic rings.